The van der Waals surface area contributed by atoms with Gasteiger partial charge in [0.05, 0.1) is 6.20 Å². The van der Waals surface area contributed by atoms with E-state index in [-0.39, 0.29) is 0 Å². The summed E-state index contributed by atoms with van der Waals surface area (Å²) in [6.45, 7) is 6.47. The second-order valence-electron chi connectivity index (χ2n) is 4.30. The van der Waals surface area contributed by atoms with Crippen LogP contribution in [-0.2, 0) is 19.6 Å². The van der Waals surface area contributed by atoms with Gasteiger partial charge in [-0.3, -0.25) is 4.68 Å². The van der Waals surface area contributed by atoms with Crippen LogP contribution in [0, 0.1) is 6.92 Å². The number of nitrogens with one attached hydrogen (secondary N) is 1. The molecule has 0 saturated carbocycles. The van der Waals surface area contributed by atoms with Gasteiger partial charge in [0.15, 0.2) is 0 Å². The fraction of sp³-hybridized carbons (Fsp3) is 0.357. The maximum absolute atomic E-state index is 9.65. The Balaban J connectivity index is 1.92. The van der Waals surface area contributed by atoms with Gasteiger partial charge in [0.1, 0.15) is 5.75 Å². The van der Waals surface area contributed by atoms with Crippen LogP contribution >= 0.6 is 0 Å². The Labute approximate surface area is 107 Å². The molecule has 4 heteroatoms. The molecule has 1 aromatic carbocycles. The van der Waals surface area contributed by atoms with E-state index in [1.807, 2.05) is 29.1 Å². The number of hydrogen-bond acceptors (Lipinski definition) is 3. The Hall–Kier alpha value is -1.81. The predicted molar refractivity (Wildman–Crippen MR) is 71.3 cm³/mol. The van der Waals surface area contributed by atoms with Gasteiger partial charge in [-0.05, 0) is 19.9 Å². The highest BCUT2D eigenvalue weighted by Gasteiger charge is 2.05. The molecule has 0 radical (unpaired) electrons. The van der Waals surface area contributed by atoms with E-state index in [1.165, 1.54) is 11.3 Å². The quantitative estimate of drug-likeness (QED) is 0.849. The van der Waals surface area contributed by atoms with Crippen molar-refractivity contribution in [2.45, 2.75) is 33.5 Å². The number of phenolic OH excluding ortho intramolecular Hbond substituents is 1. The van der Waals surface area contributed by atoms with E-state index in [1.54, 1.807) is 6.07 Å². The van der Waals surface area contributed by atoms with Crippen LogP contribution in [0.15, 0.2) is 30.5 Å². The van der Waals surface area contributed by atoms with E-state index >= 15 is 0 Å². The lowest BCUT2D eigenvalue weighted by atomic mass is 10.2. The summed E-state index contributed by atoms with van der Waals surface area (Å²) in [5.41, 5.74) is 3.31. The molecular formula is C14H19N3O. The van der Waals surface area contributed by atoms with Crippen molar-refractivity contribution in [3.05, 3.63) is 47.3 Å². The molecule has 0 aliphatic rings. The van der Waals surface area contributed by atoms with E-state index in [9.17, 15) is 5.11 Å². The first-order valence-corrected chi connectivity index (χ1v) is 6.21. The lowest BCUT2D eigenvalue weighted by Crippen LogP contribution is -2.13. The molecule has 18 heavy (non-hydrogen) atoms. The first kappa shape index (κ1) is 12.6. The van der Waals surface area contributed by atoms with Crippen LogP contribution < -0.4 is 5.32 Å². The SMILES string of the molecule is CCn1ncc(CNCc2ccccc2O)c1C. The molecule has 2 N–H and O–H groups in total. The fourth-order valence-corrected chi connectivity index (χ4v) is 1.97. The van der Waals surface area contributed by atoms with Gasteiger partial charge in [-0.15, -0.1) is 0 Å². The summed E-state index contributed by atoms with van der Waals surface area (Å²) in [7, 11) is 0. The number of aromatic hydroxyl groups is 1. The molecule has 2 aromatic rings. The van der Waals surface area contributed by atoms with Crippen LogP contribution in [0.25, 0.3) is 0 Å². The molecule has 0 fully saturated rings. The second-order valence-corrected chi connectivity index (χ2v) is 4.30. The lowest BCUT2D eigenvalue weighted by molar-refractivity contribution is 0.464. The highest BCUT2D eigenvalue weighted by molar-refractivity contribution is 5.31. The van der Waals surface area contributed by atoms with Crippen LogP contribution in [0.2, 0.25) is 0 Å². The second kappa shape index (κ2) is 5.69. The predicted octanol–water partition coefficient (Wildman–Crippen LogP) is 2.21. The van der Waals surface area contributed by atoms with Gasteiger partial charge in [0.2, 0.25) is 0 Å². The average Bonchev–Trinajstić information content (AvgIpc) is 2.73. The summed E-state index contributed by atoms with van der Waals surface area (Å²) in [4.78, 5) is 0. The van der Waals surface area contributed by atoms with Crippen molar-refractivity contribution in [3.8, 4) is 5.75 Å². The summed E-state index contributed by atoms with van der Waals surface area (Å²) in [6.07, 6.45) is 1.90. The van der Waals surface area contributed by atoms with Crippen molar-refractivity contribution in [2.75, 3.05) is 0 Å². The Bertz CT molecular complexity index is 520. The van der Waals surface area contributed by atoms with Gasteiger partial charge in [-0.2, -0.15) is 5.10 Å². The number of nitrogens with zero attached hydrogens (tertiary/aromatic N) is 2. The molecule has 0 saturated heterocycles. The fourth-order valence-electron chi connectivity index (χ4n) is 1.97. The number of hydrogen-bond donors (Lipinski definition) is 2. The molecule has 0 unspecified atom stereocenters. The highest BCUT2D eigenvalue weighted by Crippen LogP contribution is 2.15. The average molecular weight is 245 g/mol. The lowest BCUT2D eigenvalue weighted by Gasteiger charge is -2.06. The molecule has 0 amide bonds. The van der Waals surface area contributed by atoms with Crippen LogP contribution in [0.1, 0.15) is 23.7 Å². The summed E-state index contributed by atoms with van der Waals surface area (Å²) in [5.74, 6) is 0.339. The van der Waals surface area contributed by atoms with Crippen LogP contribution in [-0.4, -0.2) is 14.9 Å². The topological polar surface area (TPSA) is 50.1 Å². The number of benzene rings is 1. The van der Waals surface area contributed by atoms with Crippen LogP contribution in [0.3, 0.4) is 0 Å². The third-order valence-corrected chi connectivity index (χ3v) is 3.13. The summed E-state index contributed by atoms with van der Waals surface area (Å²) in [6, 6.07) is 7.38. The third-order valence-electron chi connectivity index (χ3n) is 3.13. The van der Waals surface area contributed by atoms with Gasteiger partial charge >= 0.3 is 0 Å². The normalized spacial score (nSPS) is 10.8. The number of para-hydroxylation sites is 1. The number of aryl methyl sites for hydroxylation is 1. The van der Waals surface area contributed by atoms with Crippen molar-refractivity contribution >= 4 is 0 Å². The first-order chi connectivity index (χ1) is 8.72. The molecule has 1 aromatic heterocycles. The maximum Gasteiger partial charge on any atom is 0.120 e. The standard InChI is InChI=1S/C14H19N3O/c1-3-17-11(2)13(10-16-17)9-15-8-12-6-4-5-7-14(12)18/h4-7,10,15,18H,3,8-9H2,1-2H3. The van der Waals surface area contributed by atoms with Crippen LogP contribution in [0.4, 0.5) is 0 Å². The minimum absolute atomic E-state index is 0.339. The van der Waals surface area contributed by atoms with Crippen molar-refractivity contribution < 1.29 is 5.11 Å². The highest BCUT2D eigenvalue weighted by atomic mass is 16.3. The van der Waals surface area contributed by atoms with E-state index < -0.39 is 0 Å². The maximum atomic E-state index is 9.65. The van der Waals surface area contributed by atoms with Crippen molar-refractivity contribution in [1.82, 2.24) is 15.1 Å². The molecular weight excluding hydrogens is 226 g/mol. The number of rotatable bonds is 5. The molecule has 4 nitrogen and oxygen atoms in total. The van der Waals surface area contributed by atoms with E-state index in [0.29, 0.717) is 12.3 Å². The van der Waals surface area contributed by atoms with Gasteiger partial charge in [-0.25, -0.2) is 0 Å². The minimum atomic E-state index is 0.339. The molecule has 1 heterocycles. The zero-order valence-electron chi connectivity index (χ0n) is 10.8. The smallest absolute Gasteiger partial charge is 0.120 e. The van der Waals surface area contributed by atoms with Crippen molar-refractivity contribution in [2.24, 2.45) is 0 Å². The first-order valence-electron chi connectivity index (χ1n) is 6.21. The van der Waals surface area contributed by atoms with Crippen molar-refractivity contribution in [3.63, 3.8) is 0 Å². The number of phenols is 1. The van der Waals surface area contributed by atoms with Crippen LogP contribution in [0.5, 0.6) is 5.75 Å². The van der Waals surface area contributed by atoms with Gasteiger partial charge in [0, 0.05) is 36.5 Å². The van der Waals surface area contributed by atoms with Crippen molar-refractivity contribution in [1.29, 1.82) is 0 Å². The van der Waals surface area contributed by atoms with E-state index in [0.717, 1.165) is 18.7 Å². The molecule has 0 atom stereocenters. The van der Waals surface area contributed by atoms with Gasteiger partial charge in [-0.1, -0.05) is 18.2 Å². The zero-order valence-corrected chi connectivity index (χ0v) is 10.8. The van der Waals surface area contributed by atoms with Gasteiger partial charge in [0.25, 0.3) is 0 Å². The monoisotopic (exact) mass is 245 g/mol. The Morgan fingerprint density at radius 2 is 1.94 bits per heavy atom. The third kappa shape index (κ3) is 2.71. The Morgan fingerprint density at radius 3 is 2.61 bits per heavy atom. The number of aromatic nitrogens is 2. The molecule has 0 bridgehead atoms. The molecule has 96 valence electrons. The largest absolute Gasteiger partial charge is 0.508 e. The Morgan fingerprint density at radius 1 is 1.22 bits per heavy atom. The van der Waals surface area contributed by atoms with E-state index in [2.05, 4.69) is 24.3 Å². The van der Waals surface area contributed by atoms with E-state index in [4.69, 9.17) is 0 Å². The zero-order chi connectivity index (χ0) is 13.0. The van der Waals surface area contributed by atoms with Gasteiger partial charge < -0.3 is 10.4 Å². The molecule has 0 aliphatic carbocycles. The summed E-state index contributed by atoms with van der Waals surface area (Å²) in [5, 5.41) is 17.3. The summed E-state index contributed by atoms with van der Waals surface area (Å²) >= 11 is 0. The molecule has 0 aliphatic heterocycles. The Kier molecular flexibility index (Phi) is 3.99. The minimum Gasteiger partial charge on any atom is -0.508 e. The molecule has 0 spiro atoms. The molecule has 2 rings (SSSR count). The summed E-state index contributed by atoms with van der Waals surface area (Å²) < 4.78 is 1.98.